The number of thioether (sulfide) groups is 1. The zero-order valence-electron chi connectivity index (χ0n) is 17.4. The molecule has 2 N–H and O–H groups in total. The maximum absolute atomic E-state index is 12.7. The first-order valence-electron chi connectivity index (χ1n) is 10.1. The molecule has 2 aromatic rings. The summed E-state index contributed by atoms with van der Waals surface area (Å²) < 4.78 is 0.473. The highest BCUT2D eigenvalue weighted by atomic mass is 35.5. The van der Waals surface area contributed by atoms with E-state index in [4.69, 9.17) is 23.8 Å². The lowest BCUT2D eigenvalue weighted by Gasteiger charge is -2.14. The molecule has 6 nitrogen and oxygen atoms in total. The Morgan fingerprint density at radius 1 is 1.16 bits per heavy atom. The Balaban J connectivity index is 1.46. The molecule has 3 amide bonds. The summed E-state index contributed by atoms with van der Waals surface area (Å²) >= 11 is 12.5. The quantitative estimate of drug-likeness (QED) is 0.345. The molecule has 3 rings (SSSR count). The van der Waals surface area contributed by atoms with Crippen molar-refractivity contribution in [3.05, 3.63) is 75.1 Å². The number of hydrogen-bond acceptors (Lipinski definition) is 5. The lowest BCUT2D eigenvalue weighted by molar-refractivity contribution is -0.124. The highest BCUT2D eigenvalue weighted by molar-refractivity contribution is 8.26. The number of halogens is 1. The Labute approximate surface area is 201 Å². The summed E-state index contributed by atoms with van der Waals surface area (Å²) in [6.07, 6.45) is 3.32. The predicted molar refractivity (Wildman–Crippen MR) is 132 cm³/mol. The van der Waals surface area contributed by atoms with Gasteiger partial charge in [-0.3, -0.25) is 30.1 Å². The smallest absolute Gasteiger partial charge is 0.269 e. The van der Waals surface area contributed by atoms with Gasteiger partial charge in [-0.05, 0) is 48.2 Å². The Morgan fingerprint density at radius 3 is 2.59 bits per heavy atom. The van der Waals surface area contributed by atoms with Gasteiger partial charge in [-0.25, -0.2) is 0 Å². The van der Waals surface area contributed by atoms with Gasteiger partial charge in [0.05, 0.1) is 4.91 Å². The molecule has 0 atom stereocenters. The van der Waals surface area contributed by atoms with E-state index >= 15 is 0 Å². The maximum atomic E-state index is 12.7. The van der Waals surface area contributed by atoms with E-state index in [1.165, 1.54) is 28.3 Å². The largest absolute Gasteiger partial charge is 0.293 e. The summed E-state index contributed by atoms with van der Waals surface area (Å²) in [4.78, 5) is 38.8. The monoisotopic (exact) mass is 487 g/mol. The summed E-state index contributed by atoms with van der Waals surface area (Å²) in [5.41, 5.74) is 7.23. The molecule has 0 radical (unpaired) electrons. The van der Waals surface area contributed by atoms with Crippen molar-refractivity contribution >= 4 is 63.7 Å². The minimum atomic E-state index is -0.463. The number of amides is 3. The lowest BCUT2D eigenvalue weighted by Crippen LogP contribution is -2.41. The fourth-order valence-corrected chi connectivity index (χ4v) is 4.48. The molecule has 1 heterocycles. The van der Waals surface area contributed by atoms with Crippen molar-refractivity contribution in [1.29, 1.82) is 0 Å². The van der Waals surface area contributed by atoms with Crippen molar-refractivity contribution in [3.8, 4) is 0 Å². The molecule has 0 unspecified atom stereocenters. The number of hydrogen-bond donors (Lipinski definition) is 2. The van der Waals surface area contributed by atoms with Crippen LogP contribution in [0.3, 0.4) is 0 Å². The number of nitrogens with one attached hydrogen (secondary N) is 2. The third-order valence-corrected chi connectivity index (χ3v) is 6.36. The highest BCUT2D eigenvalue weighted by Crippen LogP contribution is 2.32. The van der Waals surface area contributed by atoms with Crippen molar-refractivity contribution in [3.63, 3.8) is 0 Å². The first-order valence-corrected chi connectivity index (χ1v) is 11.7. The Morgan fingerprint density at radius 2 is 1.91 bits per heavy atom. The van der Waals surface area contributed by atoms with Crippen molar-refractivity contribution < 1.29 is 14.4 Å². The van der Waals surface area contributed by atoms with Crippen LogP contribution in [0.1, 0.15) is 41.3 Å². The molecule has 0 spiro atoms. The van der Waals surface area contributed by atoms with Gasteiger partial charge in [-0.2, -0.15) is 0 Å². The van der Waals surface area contributed by atoms with Gasteiger partial charge >= 0.3 is 0 Å². The number of hydrazine groups is 1. The first kappa shape index (κ1) is 24.0. The second-order valence-corrected chi connectivity index (χ2v) is 9.16. The van der Waals surface area contributed by atoms with Crippen molar-refractivity contribution in [1.82, 2.24) is 15.8 Å². The van der Waals surface area contributed by atoms with Gasteiger partial charge in [0.1, 0.15) is 4.32 Å². The fourth-order valence-electron chi connectivity index (χ4n) is 2.98. The van der Waals surface area contributed by atoms with E-state index in [1.807, 2.05) is 30.3 Å². The van der Waals surface area contributed by atoms with Crippen molar-refractivity contribution in [2.24, 2.45) is 0 Å². The predicted octanol–water partition coefficient (Wildman–Crippen LogP) is 4.35. The normalized spacial score (nSPS) is 14.7. The molecule has 1 fully saturated rings. The van der Waals surface area contributed by atoms with Crippen LogP contribution in [0.4, 0.5) is 0 Å². The van der Waals surface area contributed by atoms with Crippen molar-refractivity contribution in [2.45, 2.75) is 26.2 Å². The molecule has 0 aromatic heterocycles. The number of carbonyl (C=O) groups is 3. The number of aryl methyl sites for hydroxylation is 1. The van der Waals surface area contributed by atoms with E-state index in [2.05, 4.69) is 17.8 Å². The van der Waals surface area contributed by atoms with E-state index in [0.29, 0.717) is 32.8 Å². The van der Waals surface area contributed by atoms with Crippen LogP contribution in [0.2, 0.25) is 5.02 Å². The Kier molecular flexibility index (Phi) is 8.44. The number of thiocarbonyl (C=S) groups is 1. The molecule has 9 heteroatoms. The van der Waals surface area contributed by atoms with Crippen LogP contribution in [-0.4, -0.2) is 33.5 Å². The van der Waals surface area contributed by atoms with Gasteiger partial charge in [0.2, 0.25) is 5.91 Å². The molecule has 2 aromatic carbocycles. The maximum Gasteiger partial charge on any atom is 0.269 e. The molecule has 1 aliphatic heterocycles. The lowest BCUT2D eigenvalue weighted by atomic mass is 10.1. The van der Waals surface area contributed by atoms with E-state index in [9.17, 15) is 14.4 Å². The second kappa shape index (κ2) is 11.3. The number of nitrogens with zero attached hydrogens (tertiary/aromatic N) is 1. The molecular weight excluding hydrogens is 466 g/mol. The molecule has 32 heavy (non-hydrogen) atoms. The third-order valence-electron chi connectivity index (χ3n) is 4.75. The topological polar surface area (TPSA) is 78.5 Å². The second-order valence-electron chi connectivity index (χ2n) is 7.04. The van der Waals surface area contributed by atoms with Gasteiger partial charge in [0.25, 0.3) is 11.8 Å². The van der Waals surface area contributed by atoms with Gasteiger partial charge in [0.15, 0.2) is 0 Å². The summed E-state index contributed by atoms with van der Waals surface area (Å²) in [6, 6.07) is 14.4. The van der Waals surface area contributed by atoms with Crippen LogP contribution in [0.25, 0.3) is 6.08 Å². The SMILES string of the molecule is CCc1ccc(C=C2SC(=S)N(CCCC(=O)NNC(=O)c3cccc(Cl)c3)C2=O)cc1. The average molecular weight is 488 g/mol. The molecule has 1 saturated heterocycles. The zero-order valence-corrected chi connectivity index (χ0v) is 19.8. The molecular formula is C23H22ClN3O3S2. The molecule has 0 saturated carbocycles. The first-order chi connectivity index (χ1) is 15.4. The highest BCUT2D eigenvalue weighted by Gasteiger charge is 2.31. The zero-order chi connectivity index (χ0) is 23.1. The average Bonchev–Trinajstić information content (AvgIpc) is 3.05. The number of carbonyl (C=O) groups excluding carboxylic acids is 3. The van der Waals surface area contributed by atoms with E-state index in [-0.39, 0.29) is 18.2 Å². The summed E-state index contributed by atoms with van der Waals surface area (Å²) in [7, 11) is 0. The Hall–Kier alpha value is -2.68. The summed E-state index contributed by atoms with van der Waals surface area (Å²) in [6.45, 7) is 2.42. The van der Waals surface area contributed by atoms with Crippen LogP contribution in [-0.2, 0) is 16.0 Å². The van der Waals surface area contributed by atoms with Crippen molar-refractivity contribution in [2.75, 3.05) is 6.54 Å². The van der Waals surface area contributed by atoms with Gasteiger partial charge < -0.3 is 0 Å². The molecule has 0 aliphatic carbocycles. The van der Waals surface area contributed by atoms with Crippen LogP contribution in [0, 0.1) is 0 Å². The molecule has 1 aliphatic rings. The third kappa shape index (κ3) is 6.41. The standard InChI is InChI=1S/C23H22ClN3O3S2/c1-2-15-8-10-16(11-9-15)13-19-22(30)27(23(31)32-19)12-4-7-20(28)25-26-21(29)17-5-3-6-18(24)14-17/h3,5-6,8-11,13-14H,2,4,7,12H2,1H3,(H,25,28)(H,26,29). The van der Waals surface area contributed by atoms with Gasteiger partial charge in [0, 0.05) is 23.6 Å². The van der Waals surface area contributed by atoms with Gasteiger partial charge in [-0.15, -0.1) is 0 Å². The molecule has 166 valence electrons. The van der Waals surface area contributed by atoms with Gasteiger partial charge in [-0.1, -0.05) is 72.8 Å². The van der Waals surface area contributed by atoms with E-state index < -0.39 is 5.91 Å². The van der Waals surface area contributed by atoms with Crippen LogP contribution in [0.15, 0.2) is 53.4 Å². The summed E-state index contributed by atoms with van der Waals surface area (Å²) in [5, 5.41) is 0.430. The van der Waals surface area contributed by atoms with Crippen LogP contribution < -0.4 is 10.9 Å². The van der Waals surface area contributed by atoms with Crippen LogP contribution in [0.5, 0.6) is 0 Å². The van der Waals surface area contributed by atoms with E-state index in [1.54, 1.807) is 18.2 Å². The van der Waals surface area contributed by atoms with E-state index in [0.717, 1.165) is 12.0 Å². The minimum Gasteiger partial charge on any atom is -0.293 e. The number of rotatable bonds is 7. The number of benzene rings is 2. The Bertz CT molecular complexity index is 1070. The van der Waals surface area contributed by atoms with Crippen LogP contribution >= 0.6 is 35.6 Å². The molecule has 0 bridgehead atoms. The minimum absolute atomic E-state index is 0.129. The summed E-state index contributed by atoms with van der Waals surface area (Å²) in [5.74, 6) is -0.985. The fraction of sp³-hybridized carbons (Fsp3) is 0.217.